The Morgan fingerprint density at radius 1 is 1.12 bits per heavy atom. The molecule has 2 aromatic rings. The molecule has 0 bridgehead atoms. The highest BCUT2D eigenvalue weighted by molar-refractivity contribution is 5.94. The van der Waals surface area contributed by atoms with Crippen LogP contribution < -0.4 is 10.2 Å². The molecule has 0 saturated heterocycles. The van der Waals surface area contributed by atoms with Crippen LogP contribution in [0.2, 0.25) is 0 Å². The third-order valence-corrected chi connectivity index (χ3v) is 5.10. The van der Waals surface area contributed by atoms with E-state index in [0.29, 0.717) is 11.6 Å². The number of likely N-dealkylation sites (N-methyl/N-ethyl adjacent to an activating group) is 1. The highest BCUT2D eigenvalue weighted by atomic mass is 16.1. The van der Waals surface area contributed by atoms with Crippen LogP contribution in [-0.4, -0.2) is 35.5 Å². The van der Waals surface area contributed by atoms with Crippen molar-refractivity contribution in [3.05, 3.63) is 54.1 Å². The zero-order valence-corrected chi connectivity index (χ0v) is 15.5. The maximum atomic E-state index is 12.6. The molecule has 2 heterocycles. The molecular weight excluding hydrogens is 324 g/mol. The van der Waals surface area contributed by atoms with Gasteiger partial charge in [0.1, 0.15) is 0 Å². The molecule has 26 heavy (non-hydrogen) atoms. The van der Waals surface area contributed by atoms with Gasteiger partial charge in [0.05, 0.1) is 17.4 Å². The molecule has 0 unspecified atom stereocenters. The van der Waals surface area contributed by atoms with Gasteiger partial charge in [-0.05, 0) is 43.0 Å². The lowest BCUT2D eigenvalue weighted by Crippen LogP contribution is -2.34. The largest absolute Gasteiger partial charge is 0.373 e. The Balaban J connectivity index is 1.58. The van der Waals surface area contributed by atoms with Gasteiger partial charge in [-0.2, -0.15) is 0 Å². The van der Waals surface area contributed by atoms with Gasteiger partial charge in [-0.3, -0.25) is 14.8 Å². The average Bonchev–Trinajstić information content (AvgIpc) is 2.95. The Kier molecular flexibility index (Phi) is 6.58. The minimum Gasteiger partial charge on any atom is -0.373 e. The highest BCUT2D eigenvalue weighted by Crippen LogP contribution is 2.18. The van der Waals surface area contributed by atoms with Gasteiger partial charge in [0.2, 0.25) is 0 Å². The predicted octanol–water partition coefficient (Wildman–Crippen LogP) is 3.61. The minimum absolute atomic E-state index is 0.00576. The third-order valence-electron chi connectivity index (χ3n) is 5.10. The van der Waals surface area contributed by atoms with Gasteiger partial charge in [-0.25, -0.2) is 0 Å². The van der Waals surface area contributed by atoms with Crippen molar-refractivity contribution in [1.82, 2.24) is 15.3 Å². The van der Waals surface area contributed by atoms with Crippen molar-refractivity contribution < 1.29 is 4.79 Å². The molecule has 1 amide bonds. The zero-order valence-electron chi connectivity index (χ0n) is 15.5. The number of anilines is 1. The lowest BCUT2D eigenvalue weighted by atomic mass is 10.1. The maximum Gasteiger partial charge on any atom is 0.253 e. The van der Waals surface area contributed by atoms with Gasteiger partial charge >= 0.3 is 0 Å². The van der Waals surface area contributed by atoms with Gasteiger partial charge in [-0.1, -0.05) is 25.7 Å². The molecule has 5 heteroatoms. The smallest absolute Gasteiger partial charge is 0.253 e. The molecule has 1 N–H and O–H groups in total. The number of nitrogens with one attached hydrogen (secondary N) is 1. The molecule has 0 aliphatic heterocycles. The summed E-state index contributed by atoms with van der Waals surface area (Å²) in [7, 11) is 2.03. The van der Waals surface area contributed by atoms with Crippen LogP contribution in [-0.2, 0) is 6.42 Å². The van der Waals surface area contributed by atoms with E-state index in [1.165, 1.54) is 31.2 Å². The molecule has 0 spiro atoms. The number of hydrogen-bond donors (Lipinski definition) is 1. The van der Waals surface area contributed by atoms with Gasteiger partial charge in [0.15, 0.2) is 0 Å². The Morgan fingerprint density at radius 3 is 2.58 bits per heavy atom. The van der Waals surface area contributed by atoms with Crippen LogP contribution in [0.1, 0.15) is 54.4 Å². The van der Waals surface area contributed by atoms with E-state index >= 15 is 0 Å². The van der Waals surface area contributed by atoms with Crippen LogP contribution >= 0.6 is 0 Å². The normalized spacial score (nSPS) is 15.3. The summed E-state index contributed by atoms with van der Waals surface area (Å²) in [6, 6.07) is 6.30. The Bertz CT molecular complexity index is 696. The fourth-order valence-corrected chi connectivity index (χ4v) is 3.43. The summed E-state index contributed by atoms with van der Waals surface area (Å²) in [6.45, 7) is 0.861. The summed E-state index contributed by atoms with van der Waals surface area (Å²) in [6.07, 6.45) is 15.2. The topological polar surface area (TPSA) is 58.1 Å². The molecule has 1 fully saturated rings. The van der Waals surface area contributed by atoms with Gasteiger partial charge in [0.25, 0.3) is 5.91 Å². The third kappa shape index (κ3) is 5.28. The first-order chi connectivity index (χ1) is 12.7. The number of amides is 1. The standard InChI is InChI=1S/C21H28N4O/c1-25(13-10-17-8-11-22-12-9-17)20-14-18(15-23-16-20)21(26)24-19-6-4-2-3-5-7-19/h8-9,11-12,14-16,19H,2-7,10,13H2,1H3,(H,24,26). The van der Waals surface area contributed by atoms with E-state index in [-0.39, 0.29) is 5.91 Å². The van der Waals surface area contributed by atoms with Crippen molar-refractivity contribution in [1.29, 1.82) is 0 Å². The maximum absolute atomic E-state index is 12.6. The molecule has 0 aromatic carbocycles. The second-order valence-electron chi connectivity index (χ2n) is 7.12. The van der Waals surface area contributed by atoms with Crippen LogP contribution in [0.25, 0.3) is 0 Å². The summed E-state index contributed by atoms with van der Waals surface area (Å²) >= 11 is 0. The first-order valence-electron chi connectivity index (χ1n) is 9.58. The number of carbonyl (C=O) groups excluding carboxylic acids is 1. The molecule has 5 nitrogen and oxygen atoms in total. The van der Waals surface area contributed by atoms with Crippen LogP contribution in [0.4, 0.5) is 5.69 Å². The monoisotopic (exact) mass is 352 g/mol. The van der Waals surface area contributed by atoms with Crippen LogP contribution in [0.3, 0.4) is 0 Å². The van der Waals surface area contributed by atoms with E-state index in [2.05, 4.69) is 20.2 Å². The van der Waals surface area contributed by atoms with Crippen LogP contribution in [0, 0.1) is 0 Å². The summed E-state index contributed by atoms with van der Waals surface area (Å²) in [5, 5.41) is 3.19. The Morgan fingerprint density at radius 2 is 1.85 bits per heavy atom. The molecule has 2 aromatic heterocycles. The first kappa shape index (κ1) is 18.4. The average molecular weight is 352 g/mol. The quantitative estimate of drug-likeness (QED) is 0.807. The van der Waals surface area contributed by atoms with Crippen molar-refractivity contribution in [3.63, 3.8) is 0 Å². The molecular formula is C21H28N4O. The predicted molar refractivity (Wildman–Crippen MR) is 104 cm³/mol. The van der Waals surface area contributed by atoms with Crippen molar-refractivity contribution in [2.24, 2.45) is 0 Å². The van der Waals surface area contributed by atoms with Crippen LogP contribution in [0.15, 0.2) is 43.0 Å². The van der Waals surface area contributed by atoms with Gasteiger partial charge in [-0.15, -0.1) is 0 Å². The van der Waals surface area contributed by atoms with E-state index in [4.69, 9.17) is 0 Å². The molecule has 1 aliphatic carbocycles. The van der Waals surface area contributed by atoms with E-state index < -0.39 is 0 Å². The summed E-state index contributed by atoms with van der Waals surface area (Å²) < 4.78 is 0. The molecule has 3 rings (SSSR count). The second kappa shape index (κ2) is 9.32. The van der Waals surface area contributed by atoms with E-state index in [1.54, 1.807) is 6.20 Å². The van der Waals surface area contributed by atoms with Crippen molar-refractivity contribution in [2.45, 2.75) is 51.0 Å². The number of pyridine rings is 2. The van der Waals surface area contributed by atoms with E-state index in [1.807, 2.05) is 43.8 Å². The van der Waals surface area contributed by atoms with E-state index in [0.717, 1.165) is 31.5 Å². The second-order valence-corrected chi connectivity index (χ2v) is 7.12. The number of rotatable bonds is 6. The molecule has 1 aliphatic rings. The summed E-state index contributed by atoms with van der Waals surface area (Å²) in [5.41, 5.74) is 2.86. The summed E-state index contributed by atoms with van der Waals surface area (Å²) in [5.74, 6) is -0.00576. The SMILES string of the molecule is CN(CCc1ccncc1)c1cncc(C(=O)NC2CCCCCC2)c1. The van der Waals surface area contributed by atoms with Gasteiger partial charge < -0.3 is 10.2 Å². The van der Waals surface area contributed by atoms with Crippen molar-refractivity contribution >= 4 is 11.6 Å². The van der Waals surface area contributed by atoms with Crippen molar-refractivity contribution in [2.75, 3.05) is 18.5 Å². The number of carbonyl (C=O) groups is 1. The van der Waals surface area contributed by atoms with Gasteiger partial charge in [0, 0.05) is 38.2 Å². The zero-order chi connectivity index (χ0) is 18.2. The number of aromatic nitrogens is 2. The lowest BCUT2D eigenvalue weighted by Gasteiger charge is -2.20. The fraction of sp³-hybridized carbons (Fsp3) is 0.476. The molecule has 0 atom stereocenters. The Labute approximate surface area is 155 Å². The van der Waals surface area contributed by atoms with E-state index in [9.17, 15) is 4.79 Å². The lowest BCUT2D eigenvalue weighted by molar-refractivity contribution is 0.0933. The Hall–Kier alpha value is -2.43. The summed E-state index contributed by atoms with van der Waals surface area (Å²) in [4.78, 5) is 23.1. The minimum atomic E-state index is -0.00576. The van der Waals surface area contributed by atoms with Crippen LogP contribution in [0.5, 0.6) is 0 Å². The number of nitrogens with zero attached hydrogens (tertiary/aromatic N) is 3. The fourth-order valence-electron chi connectivity index (χ4n) is 3.43. The number of hydrogen-bond acceptors (Lipinski definition) is 4. The molecule has 0 radical (unpaired) electrons. The van der Waals surface area contributed by atoms with Crippen molar-refractivity contribution in [3.8, 4) is 0 Å². The molecule has 1 saturated carbocycles. The highest BCUT2D eigenvalue weighted by Gasteiger charge is 2.16. The first-order valence-corrected chi connectivity index (χ1v) is 9.58. The molecule has 138 valence electrons.